The molecule has 1 atom stereocenters. The van der Waals surface area contributed by atoms with Gasteiger partial charge in [0.1, 0.15) is 0 Å². The average Bonchev–Trinajstić information content (AvgIpc) is 1.67. The largest absolute Gasteiger partial charge is 0.369 e. The zero-order valence-electron chi connectivity index (χ0n) is 5.89. The molecule has 0 radical (unpaired) electrons. The number of rotatable bonds is 3. The monoisotopic (exact) mass is 195 g/mol. The molecule has 0 aromatic rings. The van der Waals surface area contributed by atoms with E-state index in [9.17, 15) is 4.79 Å². The number of carbonyl (C=O) groups excluding carboxylic acids is 1. The van der Waals surface area contributed by atoms with Gasteiger partial charge in [0.25, 0.3) is 0 Å². The minimum absolute atomic E-state index is 0. The maximum atomic E-state index is 10.3. The summed E-state index contributed by atoms with van der Waals surface area (Å²) in [5.74, 6) is -0.133. The zero-order valence-corrected chi connectivity index (χ0v) is 7.60. The fourth-order valence-corrected chi connectivity index (χ4v) is 0.575. The van der Waals surface area contributed by atoms with Gasteiger partial charge in [-0.1, -0.05) is 20.3 Å². The van der Waals surface area contributed by atoms with Crippen LogP contribution in [0.15, 0.2) is 0 Å². The Labute approximate surface area is 66.6 Å². The van der Waals surface area contributed by atoms with Crippen LogP contribution in [-0.2, 0) is 4.79 Å². The average molecular weight is 196 g/mol. The summed E-state index contributed by atoms with van der Waals surface area (Å²) >= 11 is 0. The van der Waals surface area contributed by atoms with Gasteiger partial charge in [-0.2, -0.15) is 0 Å². The summed E-state index contributed by atoms with van der Waals surface area (Å²) in [5, 5.41) is 0. The molecule has 0 heterocycles. The number of carbonyl (C=O) groups is 1. The molecule has 0 aliphatic carbocycles. The highest BCUT2D eigenvalue weighted by molar-refractivity contribution is 8.93. The summed E-state index contributed by atoms with van der Waals surface area (Å²) in [5.41, 5.74) is 4.98. The van der Waals surface area contributed by atoms with Crippen LogP contribution < -0.4 is 5.73 Å². The third-order valence-corrected chi connectivity index (χ3v) is 1.21. The van der Waals surface area contributed by atoms with Crippen LogP contribution in [0.4, 0.5) is 0 Å². The van der Waals surface area contributed by atoms with Gasteiger partial charge in [0, 0.05) is 5.92 Å². The van der Waals surface area contributed by atoms with E-state index in [0.717, 1.165) is 12.8 Å². The number of hydrogen-bond acceptors (Lipinski definition) is 1. The van der Waals surface area contributed by atoms with Crippen molar-refractivity contribution >= 4 is 22.9 Å². The van der Waals surface area contributed by atoms with Crippen molar-refractivity contribution in [2.75, 3.05) is 0 Å². The molecule has 0 aliphatic heterocycles. The number of amides is 1. The molecule has 2 nitrogen and oxygen atoms in total. The molecule has 9 heavy (non-hydrogen) atoms. The van der Waals surface area contributed by atoms with Crippen molar-refractivity contribution in [3.05, 3.63) is 0 Å². The van der Waals surface area contributed by atoms with Gasteiger partial charge in [0.2, 0.25) is 5.91 Å². The van der Waals surface area contributed by atoms with E-state index >= 15 is 0 Å². The molecule has 0 aliphatic rings. The predicted molar refractivity (Wildman–Crippen MR) is 43.6 cm³/mol. The molecule has 0 fully saturated rings. The maximum absolute atomic E-state index is 10.3. The quantitative estimate of drug-likeness (QED) is 0.729. The third-order valence-electron chi connectivity index (χ3n) is 1.21. The number of nitrogens with two attached hydrogens (primary N) is 1. The standard InChI is InChI=1S/C6H13NO.BrH/c1-3-4-5(2)6(7)8;/h5H,3-4H2,1-2H3,(H2,7,8);1H. The number of primary amides is 1. The molecule has 1 amide bonds. The maximum Gasteiger partial charge on any atom is 0.220 e. The lowest BCUT2D eigenvalue weighted by Gasteiger charge is -2.01. The molecule has 0 rings (SSSR count). The zero-order chi connectivity index (χ0) is 6.57. The normalized spacial score (nSPS) is 11.8. The van der Waals surface area contributed by atoms with E-state index in [2.05, 4.69) is 0 Å². The van der Waals surface area contributed by atoms with Crippen LogP contribution in [0.2, 0.25) is 0 Å². The SMILES string of the molecule is Br.CCCC(C)C(N)=O. The molecule has 56 valence electrons. The lowest BCUT2D eigenvalue weighted by molar-refractivity contribution is -0.121. The van der Waals surface area contributed by atoms with E-state index in [1.54, 1.807) is 0 Å². The van der Waals surface area contributed by atoms with E-state index in [1.807, 2.05) is 13.8 Å². The van der Waals surface area contributed by atoms with Crippen molar-refractivity contribution in [2.24, 2.45) is 11.7 Å². The molecule has 0 spiro atoms. The summed E-state index contributed by atoms with van der Waals surface area (Å²) in [6.07, 6.45) is 1.94. The molecule has 0 aromatic carbocycles. The number of hydrogen-bond donors (Lipinski definition) is 1. The third kappa shape index (κ3) is 5.83. The molecule has 0 saturated carbocycles. The Kier molecular flexibility index (Phi) is 7.91. The summed E-state index contributed by atoms with van der Waals surface area (Å²) < 4.78 is 0. The van der Waals surface area contributed by atoms with Gasteiger partial charge >= 0.3 is 0 Å². The smallest absolute Gasteiger partial charge is 0.220 e. The van der Waals surface area contributed by atoms with Gasteiger partial charge in [-0.3, -0.25) is 4.79 Å². The molecule has 0 saturated heterocycles. The first-order valence-corrected chi connectivity index (χ1v) is 2.97. The minimum atomic E-state index is -0.188. The van der Waals surface area contributed by atoms with E-state index < -0.39 is 0 Å². The van der Waals surface area contributed by atoms with Gasteiger partial charge in [0.05, 0.1) is 0 Å². The predicted octanol–water partition coefficient (Wildman–Crippen LogP) is 1.49. The summed E-state index contributed by atoms with van der Waals surface area (Å²) in [6, 6.07) is 0. The molecule has 3 heteroatoms. The van der Waals surface area contributed by atoms with Gasteiger partial charge in [-0.05, 0) is 6.42 Å². The second-order valence-corrected chi connectivity index (χ2v) is 2.09. The van der Waals surface area contributed by atoms with Crippen molar-refractivity contribution < 1.29 is 4.79 Å². The van der Waals surface area contributed by atoms with Crippen molar-refractivity contribution in [2.45, 2.75) is 26.7 Å². The molecular formula is C6H14BrNO. The van der Waals surface area contributed by atoms with Gasteiger partial charge in [0.15, 0.2) is 0 Å². The Morgan fingerprint density at radius 1 is 1.67 bits per heavy atom. The lowest BCUT2D eigenvalue weighted by Crippen LogP contribution is -2.19. The fourth-order valence-electron chi connectivity index (χ4n) is 0.575. The van der Waals surface area contributed by atoms with Crippen LogP contribution in [0.1, 0.15) is 26.7 Å². The fraction of sp³-hybridized carbons (Fsp3) is 0.833. The molecule has 1 unspecified atom stereocenters. The first-order valence-electron chi connectivity index (χ1n) is 2.97. The van der Waals surface area contributed by atoms with Crippen molar-refractivity contribution in [3.63, 3.8) is 0 Å². The van der Waals surface area contributed by atoms with Crippen molar-refractivity contribution in [3.8, 4) is 0 Å². The molecule has 2 N–H and O–H groups in total. The molecular weight excluding hydrogens is 182 g/mol. The van der Waals surface area contributed by atoms with E-state index in [1.165, 1.54) is 0 Å². The van der Waals surface area contributed by atoms with Crippen LogP contribution in [0.3, 0.4) is 0 Å². The minimum Gasteiger partial charge on any atom is -0.369 e. The molecule has 0 bridgehead atoms. The van der Waals surface area contributed by atoms with E-state index in [0.29, 0.717) is 0 Å². The molecule has 0 aromatic heterocycles. The summed E-state index contributed by atoms with van der Waals surface area (Å²) in [4.78, 5) is 10.3. The van der Waals surface area contributed by atoms with E-state index in [4.69, 9.17) is 5.73 Å². The summed E-state index contributed by atoms with van der Waals surface area (Å²) in [6.45, 7) is 3.89. The Hall–Kier alpha value is -0.0500. The first kappa shape index (κ1) is 11.7. The second kappa shape index (κ2) is 6.08. The van der Waals surface area contributed by atoms with Crippen LogP contribution in [0, 0.1) is 5.92 Å². The van der Waals surface area contributed by atoms with Gasteiger partial charge < -0.3 is 5.73 Å². The second-order valence-electron chi connectivity index (χ2n) is 2.09. The highest BCUT2D eigenvalue weighted by atomic mass is 79.9. The van der Waals surface area contributed by atoms with Crippen molar-refractivity contribution in [1.82, 2.24) is 0 Å². The van der Waals surface area contributed by atoms with Crippen LogP contribution in [0.5, 0.6) is 0 Å². The topological polar surface area (TPSA) is 43.1 Å². The van der Waals surface area contributed by atoms with Crippen molar-refractivity contribution in [1.29, 1.82) is 0 Å². The van der Waals surface area contributed by atoms with Crippen LogP contribution >= 0.6 is 17.0 Å². The highest BCUT2D eigenvalue weighted by Gasteiger charge is 2.04. The van der Waals surface area contributed by atoms with Gasteiger partial charge in [-0.25, -0.2) is 0 Å². The Morgan fingerprint density at radius 2 is 2.11 bits per heavy atom. The highest BCUT2D eigenvalue weighted by Crippen LogP contribution is 2.01. The first-order chi connectivity index (χ1) is 3.68. The number of halogens is 1. The van der Waals surface area contributed by atoms with Gasteiger partial charge in [-0.15, -0.1) is 17.0 Å². The Bertz CT molecular complexity index is 85.1. The summed E-state index contributed by atoms with van der Waals surface area (Å²) in [7, 11) is 0. The van der Waals surface area contributed by atoms with Crippen LogP contribution in [-0.4, -0.2) is 5.91 Å². The Balaban J connectivity index is 0. The Morgan fingerprint density at radius 3 is 2.22 bits per heavy atom. The lowest BCUT2D eigenvalue weighted by atomic mass is 10.1. The van der Waals surface area contributed by atoms with E-state index in [-0.39, 0.29) is 28.8 Å². The van der Waals surface area contributed by atoms with Crippen LogP contribution in [0.25, 0.3) is 0 Å².